The molecule has 0 bridgehead atoms. The van der Waals surface area contributed by atoms with Gasteiger partial charge in [0.2, 0.25) is 0 Å². The number of nitrogens with zero attached hydrogens (tertiary/aromatic N) is 2. The summed E-state index contributed by atoms with van der Waals surface area (Å²) in [5.41, 5.74) is 0.853. The van der Waals surface area contributed by atoms with Gasteiger partial charge < -0.3 is 15.1 Å². The fourth-order valence-electron chi connectivity index (χ4n) is 1.41. The topological polar surface area (TPSA) is 86.8 Å². The third-order valence-electron chi connectivity index (χ3n) is 2.27. The van der Waals surface area contributed by atoms with Crippen molar-refractivity contribution >= 4 is 11.4 Å². The van der Waals surface area contributed by atoms with E-state index in [2.05, 4.69) is 0 Å². The molecule has 0 aliphatic carbocycles. The summed E-state index contributed by atoms with van der Waals surface area (Å²) in [6.45, 7) is 0.0134. The first-order chi connectivity index (χ1) is 7.60. The van der Waals surface area contributed by atoms with Gasteiger partial charge in [-0.25, -0.2) is 0 Å². The molecule has 0 radical (unpaired) electrons. The van der Waals surface area contributed by atoms with Crippen LogP contribution in [-0.4, -0.2) is 35.3 Å². The molecule has 0 saturated heterocycles. The fraction of sp³-hybridized carbons (Fsp3) is 0.400. The van der Waals surface area contributed by atoms with Crippen molar-refractivity contribution in [2.24, 2.45) is 0 Å². The van der Waals surface area contributed by atoms with E-state index in [1.165, 1.54) is 6.07 Å². The SMILES string of the molecule is CN(CCO)c1ccc(CO)cc1[N+](=O)[O-]. The van der Waals surface area contributed by atoms with Crippen LogP contribution in [0.1, 0.15) is 5.56 Å². The van der Waals surface area contributed by atoms with Crippen molar-refractivity contribution in [1.82, 2.24) is 0 Å². The van der Waals surface area contributed by atoms with Gasteiger partial charge in [0, 0.05) is 19.7 Å². The maximum Gasteiger partial charge on any atom is 0.292 e. The molecule has 0 aromatic heterocycles. The minimum Gasteiger partial charge on any atom is -0.395 e. The standard InChI is InChI=1S/C10H14N2O4/c1-11(4-5-13)9-3-2-8(7-14)6-10(9)12(15)16/h2-3,6,13-14H,4-5,7H2,1H3. The maximum absolute atomic E-state index is 10.8. The molecule has 88 valence electrons. The van der Waals surface area contributed by atoms with Gasteiger partial charge in [0.25, 0.3) is 5.69 Å². The number of benzene rings is 1. The Kier molecular flexibility index (Phi) is 4.21. The van der Waals surface area contributed by atoms with Crippen LogP contribution in [0.15, 0.2) is 18.2 Å². The van der Waals surface area contributed by atoms with Gasteiger partial charge in [-0.1, -0.05) is 6.07 Å². The molecule has 0 heterocycles. The molecule has 16 heavy (non-hydrogen) atoms. The van der Waals surface area contributed by atoms with E-state index >= 15 is 0 Å². The van der Waals surface area contributed by atoms with Crippen molar-refractivity contribution in [3.05, 3.63) is 33.9 Å². The normalized spacial score (nSPS) is 10.2. The molecule has 2 N–H and O–H groups in total. The molecule has 6 nitrogen and oxygen atoms in total. The number of nitro groups is 1. The average Bonchev–Trinajstić information content (AvgIpc) is 2.28. The first kappa shape index (κ1) is 12.4. The number of hydrogen-bond acceptors (Lipinski definition) is 5. The molecule has 0 saturated carbocycles. The van der Waals surface area contributed by atoms with Crippen LogP contribution in [-0.2, 0) is 6.61 Å². The van der Waals surface area contributed by atoms with Crippen molar-refractivity contribution in [2.75, 3.05) is 25.1 Å². The highest BCUT2D eigenvalue weighted by atomic mass is 16.6. The van der Waals surface area contributed by atoms with Crippen LogP contribution >= 0.6 is 0 Å². The molecule has 1 rings (SSSR count). The highest BCUT2D eigenvalue weighted by molar-refractivity contribution is 5.63. The molecule has 1 aromatic rings. The summed E-state index contributed by atoms with van der Waals surface area (Å²) in [6, 6.07) is 4.53. The summed E-state index contributed by atoms with van der Waals surface area (Å²) in [6.07, 6.45) is 0. The Morgan fingerprint density at radius 3 is 2.62 bits per heavy atom. The van der Waals surface area contributed by atoms with Crippen LogP contribution in [0.3, 0.4) is 0 Å². The number of aliphatic hydroxyl groups excluding tert-OH is 2. The van der Waals surface area contributed by atoms with Crippen LogP contribution < -0.4 is 4.90 Å². The van der Waals surface area contributed by atoms with Gasteiger partial charge in [0.1, 0.15) is 5.69 Å². The Balaban J connectivity index is 3.12. The van der Waals surface area contributed by atoms with Gasteiger partial charge >= 0.3 is 0 Å². The van der Waals surface area contributed by atoms with Crippen molar-refractivity contribution in [2.45, 2.75) is 6.61 Å². The zero-order valence-corrected chi connectivity index (χ0v) is 8.96. The molecule has 0 spiro atoms. The smallest absolute Gasteiger partial charge is 0.292 e. The third-order valence-corrected chi connectivity index (χ3v) is 2.27. The summed E-state index contributed by atoms with van der Waals surface area (Å²) < 4.78 is 0. The lowest BCUT2D eigenvalue weighted by molar-refractivity contribution is -0.384. The molecule has 0 unspecified atom stereocenters. The van der Waals surface area contributed by atoms with E-state index < -0.39 is 4.92 Å². The molecule has 0 aliphatic rings. The van der Waals surface area contributed by atoms with E-state index in [0.717, 1.165) is 0 Å². The minimum absolute atomic E-state index is 0.0671. The predicted octanol–water partition coefficient (Wildman–Crippen LogP) is 0.516. The van der Waals surface area contributed by atoms with Crippen molar-refractivity contribution in [3.8, 4) is 0 Å². The Hall–Kier alpha value is -1.66. The van der Waals surface area contributed by atoms with Crippen LogP contribution in [0, 0.1) is 10.1 Å². The quantitative estimate of drug-likeness (QED) is 0.564. The second kappa shape index (κ2) is 5.43. The molecule has 6 heteroatoms. The lowest BCUT2D eigenvalue weighted by Crippen LogP contribution is -2.22. The lowest BCUT2D eigenvalue weighted by atomic mass is 10.1. The van der Waals surface area contributed by atoms with Gasteiger partial charge in [-0.3, -0.25) is 10.1 Å². The number of hydrogen-bond donors (Lipinski definition) is 2. The fourth-order valence-corrected chi connectivity index (χ4v) is 1.41. The van der Waals surface area contributed by atoms with Crippen molar-refractivity contribution < 1.29 is 15.1 Å². The van der Waals surface area contributed by atoms with Crippen molar-refractivity contribution in [1.29, 1.82) is 0 Å². The summed E-state index contributed by atoms with van der Waals surface area (Å²) in [4.78, 5) is 11.9. The van der Waals surface area contributed by atoms with Gasteiger partial charge in [0.05, 0.1) is 18.1 Å². The monoisotopic (exact) mass is 226 g/mol. The number of rotatable bonds is 5. The molecule has 0 aliphatic heterocycles. The molecule has 0 atom stereocenters. The molecule has 0 fully saturated rings. The van der Waals surface area contributed by atoms with Crippen molar-refractivity contribution in [3.63, 3.8) is 0 Å². The number of anilines is 1. The lowest BCUT2D eigenvalue weighted by Gasteiger charge is -2.17. The number of aliphatic hydroxyl groups is 2. The summed E-state index contributed by atoms with van der Waals surface area (Å²) in [5, 5.41) is 28.5. The highest BCUT2D eigenvalue weighted by Gasteiger charge is 2.17. The molecular formula is C10H14N2O4. The Morgan fingerprint density at radius 1 is 1.44 bits per heavy atom. The minimum atomic E-state index is -0.498. The van der Waals surface area contributed by atoms with Crippen LogP contribution in [0.2, 0.25) is 0 Å². The van der Waals surface area contributed by atoms with E-state index in [4.69, 9.17) is 10.2 Å². The second-order valence-electron chi connectivity index (χ2n) is 3.38. The number of nitro benzene ring substituents is 1. The zero-order chi connectivity index (χ0) is 12.1. The zero-order valence-electron chi connectivity index (χ0n) is 8.96. The van der Waals surface area contributed by atoms with Gasteiger partial charge in [-0.05, 0) is 11.6 Å². The molecule has 0 amide bonds. The summed E-state index contributed by atoms with van der Waals surface area (Å²) >= 11 is 0. The first-order valence-electron chi connectivity index (χ1n) is 4.80. The van der Waals surface area contributed by atoms with Gasteiger partial charge in [-0.15, -0.1) is 0 Å². The van der Waals surface area contributed by atoms with Crippen LogP contribution in [0.5, 0.6) is 0 Å². The van der Waals surface area contributed by atoms with E-state index in [1.807, 2.05) is 0 Å². The first-order valence-corrected chi connectivity index (χ1v) is 4.80. The summed E-state index contributed by atoms with van der Waals surface area (Å²) in [5.74, 6) is 0. The van der Waals surface area contributed by atoms with Gasteiger partial charge in [-0.2, -0.15) is 0 Å². The third kappa shape index (κ3) is 2.68. The van der Waals surface area contributed by atoms with E-state index in [1.54, 1.807) is 24.1 Å². The Bertz CT molecular complexity index is 381. The molecular weight excluding hydrogens is 212 g/mol. The Morgan fingerprint density at radius 2 is 2.12 bits per heavy atom. The predicted molar refractivity (Wildman–Crippen MR) is 59.4 cm³/mol. The van der Waals surface area contributed by atoms with Gasteiger partial charge in [0.15, 0.2) is 0 Å². The second-order valence-corrected chi connectivity index (χ2v) is 3.38. The van der Waals surface area contributed by atoms with Crippen LogP contribution in [0.25, 0.3) is 0 Å². The molecule has 1 aromatic carbocycles. The van der Waals surface area contributed by atoms with E-state index in [0.29, 0.717) is 17.8 Å². The maximum atomic E-state index is 10.8. The average molecular weight is 226 g/mol. The van der Waals surface area contributed by atoms with E-state index in [9.17, 15) is 10.1 Å². The Labute approximate surface area is 92.9 Å². The highest BCUT2D eigenvalue weighted by Crippen LogP contribution is 2.28. The summed E-state index contributed by atoms with van der Waals surface area (Å²) in [7, 11) is 1.66. The number of likely N-dealkylation sites (N-methyl/N-ethyl adjacent to an activating group) is 1. The van der Waals surface area contributed by atoms with Crippen LogP contribution in [0.4, 0.5) is 11.4 Å². The largest absolute Gasteiger partial charge is 0.395 e. The van der Waals surface area contributed by atoms with E-state index in [-0.39, 0.29) is 18.9 Å².